The molecule has 0 saturated carbocycles. The Morgan fingerprint density at radius 1 is 1.03 bits per heavy atom. The van der Waals surface area contributed by atoms with Crippen LogP contribution in [0.4, 0.5) is 18.9 Å². The van der Waals surface area contributed by atoms with E-state index in [4.69, 9.17) is 25.8 Å². The number of alkyl halides is 3. The van der Waals surface area contributed by atoms with Gasteiger partial charge in [0.25, 0.3) is 5.91 Å². The van der Waals surface area contributed by atoms with Gasteiger partial charge in [0.1, 0.15) is 11.8 Å². The highest BCUT2D eigenvalue weighted by molar-refractivity contribution is 6.30. The molecule has 0 aromatic heterocycles. The monoisotopic (exact) mass is 475 g/mol. The zero-order valence-electron chi connectivity index (χ0n) is 17.2. The van der Waals surface area contributed by atoms with Crippen LogP contribution in [0.5, 0.6) is 17.2 Å². The number of fused-ring (bicyclic) bond motifs is 1. The molecule has 1 fully saturated rings. The third kappa shape index (κ3) is 3.84. The fraction of sp³-hybridized carbons (Fsp3) is 0.208. The summed E-state index contributed by atoms with van der Waals surface area (Å²) < 4.78 is 56.7. The minimum atomic E-state index is -4.53. The van der Waals surface area contributed by atoms with Gasteiger partial charge in [-0.05, 0) is 66.6 Å². The molecule has 2 aliphatic heterocycles. The third-order valence-corrected chi connectivity index (χ3v) is 5.86. The van der Waals surface area contributed by atoms with Crippen molar-refractivity contribution in [3.05, 3.63) is 82.4 Å². The summed E-state index contributed by atoms with van der Waals surface area (Å²) in [6.07, 6.45) is -5.48. The zero-order chi connectivity index (χ0) is 23.3. The molecule has 2 atom stereocenters. The van der Waals surface area contributed by atoms with Gasteiger partial charge in [-0.25, -0.2) is 0 Å². The Labute approximate surface area is 192 Å². The molecule has 33 heavy (non-hydrogen) atoms. The number of β-lactam (4-membered cyclic amide) rings is 1. The van der Waals surface area contributed by atoms with E-state index < -0.39 is 29.8 Å². The molecule has 3 aromatic rings. The minimum absolute atomic E-state index is 0.0730. The molecular formula is C24H17ClF3NO4. The highest BCUT2D eigenvalue weighted by Crippen LogP contribution is 2.45. The van der Waals surface area contributed by atoms with Gasteiger partial charge >= 0.3 is 6.18 Å². The van der Waals surface area contributed by atoms with Crippen molar-refractivity contribution in [2.24, 2.45) is 0 Å². The van der Waals surface area contributed by atoms with Crippen molar-refractivity contribution in [1.29, 1.82) is 0 Å². The molecular weight excluding hydrogens is 459 g/mol. The molecule has 5 nitrogen and oxygen atoms in total. The maximum atomic E-state index is 13.3. The lowest BCUT2D eigenvalue weighted by atomic mass is 9.89. The number of ether oxygens (including phenoxy) is 3. The van der Waals surface area contributed by atoms with E-state index in [1.807, 2.05) is 0 Å². The van der Waals surface area contributed by atoms with Crippen LogP contribution in [0.15, 0.2) is 60.7 Å². The van der Waals surface area contributed by atoms with Gasteiger partial charge in [-0.2, -0.15) is 13.2 Å². The van der Waals surface area contributed by atoms with Crippen LogP contribution in [0.3, 0.4) is 0 Å². The normalized spacial score (nSPS) is 19.4. The molecule has 0 unspecified atom stereocenters. The highest BCUT2D eigenvalue weighted by Gasteiger charge is 2.51. The quantitative estimate of drug-likeness (QED) is 0.439. The van der Waals surface area contributed by atoms with Crippen LogP contribution < -0.4 is 19.1 Å². The number of benzene rings is 3. The average molecular weight is 476 g/mol. The molecule has 1 amide bonds. The van der Waals surface area contributed by atoms with Crippen molar-refractivity contribution in [3.63, 3.8) is 0 Å². The Balaban J connectivity index is 1.54. The zero-order valence-corrected chi connectivity index (χ0v) is 18.0. The van der Waals surface area contributed by atoms with Crippen molar-refractivity contribution < 1.29 is 32.2 Å². The van der Waals surface area contributed by atoms with E-state index in [1.165, 1.54) is 17.0 Å². The first-order valence-electron chi connectivity index (χ1n) is 10.0. The maximum absolute atomic E-state index is 13.3. The lowest BCUT2D eigenvalue weighted by Gasteiger charge is -2.47. The summed E-state index contributed by atoms with van der Waals surface area (Å²) in [5.41, 5.74) is 0.672. The molecule has 9 heteroatoms. The number of amides is 1. The van der Waals surface area contributed by atoms with Gasteiger partial charge in [-0.15, -0.1) is 0 Å². The topological polar surface area (TPSA) is 48.0 Å². The second-order valence-corrected chi connectivity index (χ2v) is 8.20. The fourth-order valence-electron chi connectivity index (χ4n) is 4.00. The molecule has 0 bridgehead atoms. The second kappa shape index (κ2) is 7.88. The van der Waals surface area contributed by atoms with Crippen LogP contribution in [0.1, 0.15) is 22.7 Å². The summed E-state index contributed by atoms with van der Waals surface area (Å²) in [6.45, 7) is 1.87. The number of hydrogen-bond acceptors (Lipinski definition) is 4. The smallest absolute Gasteiger partial charge is 0.416 e. The van der Waals surface area contributed by atoms with Crippen LogP contribution in [-0.2, 0) is 11.0 Å². The Morgan fingerprint density at radius 2 is 1.82 bits per heavy atom. The van der Waals surface area contributed by atoms with E-state index in [9.17, 15) is 18.0 Å². The van der Waals surface area contributed by atoms with E-state index in [2.05, 4.69) is 0 Å². The first kappa shape index (κ1) is 21.5. The molecule has 170 valence electrons. The summed E-state index contributed by atoms with van der Waals surface area (Å²) in [7, 11) is 0. The lowest BCUT2D eigenvalue weighted by Crippen LogP contribution is -2.61. The Morgan fingerprint density at radius 3 is 2.58 bits per heavy atom. The Bertz CT molecular complexity index is 1250. The molecule has 2 aliphatic rings. The van der Waals surface area contributed by atoms with E-state index >= 15 is 0 Å². The summed E-state index contributed by atoms with van der Waals surface area (Å²) >= 11 is 6.02. The first-order chi connectivity index (χ1) is 15.7. The van der Waals surface area contributed by atoms with Gasteiger partial charge in [0, 0.05) is 10.7 Å². The van der Waals surface area contributed by atoms with Gasteiger partial charge in [-0.3, -0.25) is 9.69 Å². The molecule has 2 heterocycles. The summed E-state index contributed by atoms with van der Waals surface area (Å²) in [5, 5.41) is 0.526. The van der Waals surface area contributed by atoms with Crippen LogP contribution in [0.25, 0.3) is 0 Å². The number of halogens is 4. The Kier molecular flexibility index (Phi) is 5.12. The number of rotatable bonds is 4. The molecule has 0 N–H and O–H groups in total. The molecule has 3 aromatic carbocycles. The number of anilines is 1. The number of aryl methyl sites for hydroxylation is 1. The minimum Gasteiger partial charge on any atom is -0.478 e. The SMILES string of the molecule is Cc1cc(Cl)ccc1O[C@H]1C(=O)N(c2cccc(C(F)(F)F)c2)[C@@H]1c1ccc2c(c1)OCO2. The van der Waals surface area contributed by atoms with Crippen molar-refractivity contribution in [2.75, 3.05) is 11.7 Å². The lowest BCUT2D eigenvalue weighted by molar-refractivity contribution is -0.138. The van der Waals surface area contributed by atoms with Crippen LogP contribution in [0, 0.1) is 6.92 Å². The fourth-order valence-corrected chi connectivity index (χ4v) is 4.23. The van der Waals surface area contributed by atoms with Gasteiger partial charge in [0.15, 0.2) is 11.5 Å². The van der Waals surface area contributed by atoms with E-state index in [-0.39, 0.29) is 12.5 Å². The predicted octanol–water partition coefficient (Wildman–Crippen LogP) is 5.93. The van der Waals surface area contributed by atoms with Gasteiger partial charge in [-0.1, -0.05) is 23.7 Å². The molecule has 0 radical (unpaired) electrons. The Hall–Kier alpha value is -3.39. The molecule has 5 rings (SSSR count). The number of nitrogens with zero attached hydrogens (tertiary/aromatic N) is 1. The van der Waals surface area contributed by atoms with Crippen molar-refractivity contribution >= 4 is 23.2 Å². The predicted molar refractivity (Wildman–Crippen MR) is 115 cm³/mol. The van der Waals surface area contributed by atoms with Crippen LogP contribution >= 0.6 is 11.6 Å². The van der Waals surface area contributed by atoms with Crippen LogP contribution in [0.2, 0.25) is 5.02 Å². The standard InChI is InChI=1S/C24H17ClF3NO4/c1-13-9-16(25)6-8-18(13)33-22-21(14-5-7-19-20(10-14)32-12-31-19)29(23(22)30)17-4-2-3-15(11-17)24(26,27)28/h2-11,21-22H,12H2,1H3/t21-,22-/m1/s1. The number of hydrogen-bond donors (Lipinski definition) is 0. The molecule has 0 spiro atoms. The number of carbonyl (C=O) groups excluding carboxylic acids is 1. The van der Waals surface area contributed by atoms with E-state index in [0.717, 1.165) is 17.7 Å². The molecule has 0 aliphatic carbocycles. The average Bonchev–Trinajstić information content (AvgIpc) is 3.24. The van der Waals surface area contributed by atoms with E-state index in [0.29, 0.717) is 27.8 Å². The first-order valence-corrected chi connectivity index (χ1v) is 10.4. The summed E-state index contributed by atoms with van der Waals surface area (Å²) in [4.78, 5) is 14.5. The summed E-state index contributed by atoms with van der Waals surface area (Å²) in [5.74, 6) is 1.07. The van der Waals surface area contributed by atoms with Crippen LogP contribution in [-0.4, -0.2) is 18.8 Å². The third-order valence-electron chi connectivity index (χ3n) is 5.63. The second-order valence-electron chi connectivity index (χ2n) is 7.76. The van der Waals surface area contributed by atoms with E-state index in [1.54, 1.807) is 43.3 Å². The largest absolute Gasteiger partial charge is 0.478 e. The van der Waals surface area contributed by atoms with Crippen molar-refractivity contribution in [1.82, 2.24) is 0 Å². The highest BCUT2D eigenvalue weighted by atomic mass is 35.5. The van der Waals surface area contributed by atoms with Gasteiger partial charge < -0.3 is 14.2 Å². The maximum Gasteiger partial charge on any atom is 0.416 e. The van der Waals surface area contributed by atoms with Crippen molar-refractivity contribution in [2.45, 2.75) is 25.2 Å². The van der Waals surface area contributed by atoms with Crippen molar-refractivity contribution in [3.8, 4) is 17.2 Å². The summed E-state index contributed by atoms with van der Waals surface area (Å²) in [6, 6.07) is 14.2. The van der Waals surface area contributed by atoms with Gasteiger partial charge in [0.05, 0.1) is 5.56 Å². The van der Waals surface area contributed by atoms with Gasteiger partial charge in [0.2, 0.25) is 12.9 Å². The molecule has 1 saturated heterocycles. The number of carbonyl (C=O) groups is 1.